The zero-order chi connectivity index (χ0) is 68.3. The van der Waals surface area contributed by atoms with Gasteiger partial charge in [0.2, 0.25) is 0 Å². The predicted octanol–water partition coefficient (Wildman–Crippen LogP) is 25.0. The number of phosphoric acid groups is 1. The van der Waals surface area contributed by atoms with Crippen LogP contribution in [0.5, 0.6) is 0 Å². The third-order valence-electron chi connectivity index (χ3n) is 15.4. The van der Waals surface area contributed by atoms with E-state index in [1.54, 1.807) is 0 Å². The fourth-order valence-electron chi connectivity index (χ4n) is 9.78. The molecule has 10 heteroatoms. The van der Waals surface area contributed by atoms with Crippen LogP contribution in [0.2, 0.25) is 0 Å². The number of phosphoric ester groups is 1. The largest absolute Gasteiger partial charge is 0.472 e. The Labute approximate surface area is 578 Å². The topological polar surface area (TPSA) is 108 Å². The summed E-state index contributed by atoms with van der Waals surface area (Å²) in [6.07, 6.45) is 111. The van der Waals surface area contributed by atoms with Crippen LogP contribution in [0.15, 0.2) is 182 Å². The van der Waals surface area contributed by atoms with Gasteiger partial charge in [0.05, 0.1) is 27.7 Å². The molecule has 0 amide bonds. The van der Waals surface area contributed by atoms with Crippen molar-refractivity contribution in [1.29, 1.82) is 0 Å². The van der Waals surface area contributed by atoms with E-state index in [2.05, 4.69) is 196 Å². The van der Waals surface area contributed by atoms with Crippen LogP contribution >= 0.6 is 7.82 Å². The third-order valence-corrected chi connectivity index (χ3v) is 16.4. The van der Waals surface area contributed by atoms with Gasteiger partial charge in [-0.3, -0.25) is 18.6 Å². The van der Waals surface area contributed by atoms with Crippen molar-refractivity contribution in [1.82, 2.24) is 0 Å². The summed E-state index contributed by atoms with van der Waals surface area (Å²) in [4.78, 5) is 36.0. The number of carbonyl (C=O) groups is 2. The normalized spacial score (nSPS) is 14.1. The summed E-state index contributed by atoms with van der Waals surface area (Å²) < 4.78 is 34.8. The second-order valence-corrected chi connectivity index (χ2v) is 27.0. The van der Waals surface area contributed by atoms with Crippen molar-refractivity contribution in [2.24, 2.45) is 0 Å². The third kappa shape index (κ3) is 76.1. The zero-order valence-electron chi connectivity index (χ0n) is 60.6. The van der Waals surface area contributed by atoms with Crippen molar-refractivity contribution in [2.75, 3.05) is 47.5 Å². The van der Waals surface area contributed by atoms with Crippen molar-refractivity contribution in [3.8, 4) is 0 Å². The van der Waals surface area contributed by atoms with Crippen LogP contribution < -0.4 is 0 Å². The highest BCUT2D eigenvalue weighted by Gasteiger charge is 2.27. The molecule has 94 heavy (non-hydrogen) atoms. The van der Waals surface area contributed by atoms with E-state index < -0.39 is 26.5 Å². The van der Waals surface area contributed by atoms with E-state index in [1.165, 1.54) is 109 Å². The second-order valence-electron chi connectivity index (χ2n) is 25.6. The number of hydrogen-bond acceptors (Lipinski definition) is 7. The van der Waals surface area contributed by atoms with Gasteiger partial charge in [-0.25, -0.2) is 4.57 Å². The van der Waals surface area contributed by atoms with Gasteiger partial charge in [0, 0.05) is 12.8 Å². The Balaban J connectivity index is 4.09. The summed E-state index contributed by atoms with van der Waals surface area (Å²) in [5, 5.41) is 0. The Morgan fingerprint density at radius 2 is 0.574 bits per heavy atom. The molecule has 0 rings (SSSR count). The van der Waals surface area contributed by atoms with E-state index in [4.69, 9.17) is 18.5 Å². The molecule has 0 radical (unpaired) electrons. The average molecular weight is 1320 g/mol. The summed E-state index contributed by atoms with van der Waals surface area (Å²) in [6, 6.07) is 0. The maximum Gasteiger partial charge on any atom is 0.472 e. The Hall–Kier alpha value is -4.89. The van der Waals surface area contributed by atoms with Gasteiger partial charge in [-0.1, -0.05) is 318 Å². The van der Waals surface area contributed by atoms with Gasteiger partial charge in [0.15, 0.2) is 6.10 Å². The van der Waals surface area contributed by atoms with Crippen molar-refractivity contribution in [2.45, 2.75) is 290 Å². The van der Waals surface area contributed by atoms with Crippen LogP contribution in [0, 0.1) is 0 Å². The molecule has 0 saturated carbocycles. The molecular formula is C84H139NO8P+. The monoisotopic (exact) mass is 1320 g/mol. The molecule has 0 aliphatic carbocycles. The first-order valence-electron chi connectivity index (χ1n) is 37.5. The molecule has 532 valence electrons. The lowest BCUT2D eigenvalue weighted by molar-refractivity contribution is -0.870. The Morgan fingerprint density at radius 3 is 0.851 bits per heavy atom. The summed E-state index contributed by atoms with van der Waals surface area (Å²) in [5.41, 5.74) is 0. The van der Waals surface area contributed by atoms with Crippen LogP contribution in [0.3, 0.4) is 0 Å². The number of esters is 2. The van der Waals surface area contributed by atoms with Crippen molar-refractivity contribution >= 4 is 19.8 Å². The van der Waals surface area contributed by atoms with Crippen LogP contribution in [-0.2, 0) is 32.7 Å². The van der Waals surface area contributed by atoms with Crippen molar-refractivity contribution in [3.63, 3.8) is 0 Å². The van der Waals surface area contributed by atoms with Gasteiger partial charge in [-0.15, -0.1) is 0 Å². The number of quaternary nitrogens is 1. The Bertz CT molecular complexity index is 2240. The summed E-state index contributed by atoms with van der Waals surface area (Å²) >= 11 is 0. The van der Waals surface area contributed by atoms with Gasteiger partial charge in [-0.05, 0) is 135 Å². The highest BCUT2D eigenvalue weighted by Crippen LogP contribution is 2.43. The first kappa shape index (κ1) is 89.1. The molecule has 0 spiro atoms. The van der Waals surface area contributed by atoms with Gasteiger partial charge >= 0.3 is 19.8 Å². The first-order valence-corrected chi connectivity index (χ1v) is 39.0. The molecule has 2 unspecified atom stereocenters. The summed E-state index contributed by atoms with van der Waals surface area (Å²) in [7, 11) is 1.45. The van der Waals surface area contributed by atoms with E-state index in [1.807, 2.05) is 21.1 Å². The molecule has 0 aliphatic heterocycles. The van der Waals surface area contributed by atoms with E-state index in [0.717, 1.165) is 141 Å². The van der Waals surface area contributed by atoms with E-state index in [0.29, 0.717) is 17.4 Å². The lowest BCUT2D eigenvalue weighted by Gasteiger charge is -2.24. The minimum atomic E-state index is -4.41. The van der Waals surface area contributed by atoms with Crippen molar-refractivity contribution < 1.29 is 42.1 Å². The lowest BCUT2D eigenvalue weighted by atomic mass is 10.0. The Morgan fingerprint density at radius 1 is 0.330 bits per heavy atom. The van der Waals surface area contributed by atoms with Crippen molar-refractivity contribution in [3.05, 3.63) is 182 Å². The lowest BCUT2D eigenvalue weighted by Crippen LogP contribution is -2.37. The summed E-state index contributed by atoms with van der Waals surface area (Å²) in [6.45, 7) is 4.19. The smallest absolute Gasteiger partial charge is 0.462 e. The first-order chi connectivity index (χ1) is 46.0. The van der Waals surface area contributed by atoms with Crippen LogP contribution in [-0.4, -0.2) is 74.9 Å². The van der Waals surface area contributed by atoms with Crippen LogP contribution in [0.25, 0.3) is 0 Å². The second kappa shape index (κ2) is 72.4. The minimum absolute atomic E-state index is 0.0216. The van der Waals surface area contributed by atoms with Gasteiger partial charge in [-0.2, -0.15) is 0 Å². The van der Waals surface area contributed by atoms with E-state index >= 15 is 0 Å². The molecule has 0 aliphatic rings. The van der Waals surface area contributed by atoms with E-state index in [-0.39, 0.29) is 32.0 Å². The predicted molar refractivity (Wildman–Crippen MR) is 408 cm³/mol. The highest BCUT2D eigenvalue weighted by molar-refractivity contribution is 7.47. The molecular weight excluding hydrogens is 1180 g/mol. The number of hydrogen-bond donors (Lipinski definition) is 1. The molecule has 0 aromatic carbocycles. The molecule has 0 aromatic heterocycles. The molecule has 9 nitrogen and oxygen atoms in total. The highest BCUT2D eigenvalue weighted by atomic mass is 31.2. The maximum atomic E-state index is 12.9. The minimum Gasteiger partial charge on any atom is -0.462 e. The molecule has 0 aromatic rings. The number of ether oxygens (including phenoxy) is 2. The van der Waals surface area contributed by atoms with Crippen LogP contribution in [0.1, 0.15) is 284 Å². The van der Waals surface area contributed by atoms with Gasteiger partial charge in [0.1, 0.15) is 19.8 Å². The average Bonchev–Trinajstić information content (AvgIpc) is 1.56. The molecule has 0 heterocycles. The zero-order valence-corrected chi connectivity index (χ0v) is 61.5. The fraction of sp³-hybridized carbons (Fsp3) is 0.619. The number of carbonyl (C=O) groups excluding carboxylic acids is 2. The Kier molecular flexibility index (Phi) is 68.6. The quantitative estimate of drug-likeness (QED) is 0.0211. The number of unbranched alkanes of at least 4 members (excludes halogenated alkanes) is 23. The molecule has 0 saturated heterocycles. The summed E-state index contributed by atoms with van der Waals surface area (Å²) in [5.74, 6) is -0.813. The fourth-order valence-corrected chi connectivity index (χ4v) is 10.5. The van der Waals surface area contributed by atoms with Crippen LogP contribution in [0.4, 0.5) is 0 Å². The molecule has 0 fully saturated rings. The number of nitrogens with zero attached hydrogens (tertiary/aromatic N) is 1. The number of allylic oxidation sites excluding steroid dienone is 30. The number of rotatable bonds is 67. The number of likely N-dealkylation sites (N-methyl/N-ethyl adjacent to an activating group) is 1. The molecule has 2 atom stereocenters. The SMILES string of the molecule is CC/C=C\C/C=C\C/C=C\C/C=C\C/C=C\C/C=C\C/C=C\C/C=C\CCCCCCCCCCC(=O)OC(COC(=O)CCCCCCCCCCCCCCCCC/C=C\C/C=C\C/C=C\C/C=C\C/C=C\C/C=C\C/C=C\CC)COP(=O)(O)OCC[N+](C)(C)C. The standard InChI is InChI=1S/C84H138NO8P/c1-6-8-10-12-14-16-18-20-22-24-26-28-30-32-34-36-38-40-41-42-43-45-46-48-50-52-54-56-58-60-62-64-66-68-70-72-74-76-83(86)90-80-82(81-92-94(88,89)91-79-78-85(3,4)5)93-84(87)77-75-73-71-69-67-65-63-61-59-57-55-53-51-49-47-44-39-37-35-33-31-29-27-25-23-21-19-17-15-13-11-9-7-2/h8-11,14-17,20-23,26-29,32-35,38-40,42-44,49,51,55,57,82H,6-7,12-13,18-19,24-25,30-31,36-37,41,45-48,50,52-54,56,58-81H2,1-5H3/p+1/b10-8-,11-9-,16-14-,17-15-,22-20-,23-21-,28-26-,29-27-,34-32-,35-33-,40-38-,43-42-,44-39-,51-49-,57-55-. The molecule has 1 N–H and O–H groups in total. The van der Waals surface area contributed by atoms with E-state index in [9.17, 15) is 19.0 Å². The van der Waals surface area contributed by atoms with Gasteiger partial charge < -0.3 is 18.9 Å². The maximum absolute atomic E-state index is 12.9. The van der Waals surface area contributed by atoms with Gasteiger partial charge in [0.25, 0.3) is 0 Å². The molecule has 0 bridgehead atoms.